The minimum Gasteiger partial charge on any atom is -0.314 e. The van der Waals surface area contributed by atoms with E-state index in [9.17, 15) is 9.59 Å². The van der Waals surface area contributed by atoms with Crippen LogP contribution in [0.2, 0.25) is 0 Å². The highest BCUT2D eigenvalue weighted by atomic mass is 32.1. The van der Waals surface area contributed by atoms with E-state index < -0.39 is 10.3 Å². The molecule has 0 atom stereocenters. The summed E-state index contributed by atoms with van der Waals surface area (Å²) in [6.07, 6.45) is 0. The lowest BCUT2D eigenvalue weighted by molar-refractivity contribution is 0.504. The molecule has 0 bridgehead atoms. The van der Waals surface area contributed by atoms with Crippen LogP contribution >= 0.6 is 11.6 Å². The van der Waals surface area contributed by atoms with Gasteiger partial charge in [-0.1, -0.05) is 0 Å². The second-order valence-corrected chi connectivity index (χ2v) is 1.59. The van der Waals surface area contributed by atoms with Crippen LogP contribution in [-0.2, 0) is 0 Å². The summed E-state index contributed by atoms with van der Waals surface area (Å²) in [4.78, 5) is 20.0. The molecule has 0 fully saturated rings. The lowest BCUT2D eigenvalue weighted by Gasteiger charge is -1.50. The number of H-pyrrole nitrogens is 1. The minimum atomic E-state index is -0.690. The molecule has 0 spiro atoms. The summed E-state index contributed by atoms with van der Waals surface area (Å²) in [5.74, 6) is 0. The largest absolute Gasteiger partial charge is 0.339 e. The van der Waals surface area contributed by atoms with Crippen molar-refractivity contribution in [3.63, 3.8) is 0 Å². The van der Waals surface area contributed by atoms with Gasteiger partial charge in [-0.15, -0.1) is 0 Å². The molecule has 0 aliphatic rings. The van der Waals surface area contributed by atoms with Crippen molar-refractivity contribution < 1.29 is 3.96 Å². The van der Waals surface area contributed by atoms with Crippen LogP contribution < -0.4 is 10.3 Å². The maximum absolute atomic E-state index is 10.0. The fourth-order valence-electron chi connectivity index (χ4n) is 0.176. The lowest BCUT2D eigenvalue weighted by atomic mass is 11.0. The van der Waals surface area contributed by atoms with Crippen LogP contribution in [0.4, 0.5) is 0 Å². The van der Waals surface area contributed by atoms with Crippen molar-refractivity contribution in [3.05, 3.63) is 19.9 Å². The van der Waals surface area contributed by atoms with Gasteiger partial charge in [0.05, 0.1) is 0 Å². The Hall–Kier alpha value is -0.840. The van der Waals surface area contributed by atoms with Gasteiger partial charge in [0.1, 0.15) is 11.6 Å². The van der Waals surface area contributed by atoms with Gasteiger partial charge in [-0.25, -0.2) is 0 Å². The average Bonchev–Trinajstić information content (AvgIpc) is 1.91. The Morgan fingerprint density at radius 3 is 2.43 bits per heavy atom. The predicted molar refractivity (Wildman–Crippen MR) is 23.5 cm³/mol. The fourth-order valence-corrected chi connectivity index (χ4v) is 0.486. The van der Waals surface area contributed by atoms with Crippen LogP contribution in [-0.4, -0.2) is 5.16 Å². The summed E-state index contributed by atoms with van der Waals surface area (Å²) in [6, 6.07) is 0. The molecule has 0 saturated carbocycles. The summed E-state index contributed by atoms with van der Waals surface area (Å²) >= 11 is 0.506. The number of aromatic amines is 1. The Kier molecular flexibility index (Phi) is 0.828. The van der Waals surface area contributed by atoms with Crippen molar-refractivity contribution in [3.8, 4) is 0 Å². The monoisotopic (exact) mass is 119 g/mol. The molecule has 0 aliphatic heterocycles. The number of rotatable bonds is 0. The topological polar surface area (TPSA) is 63.1 Å². The lowest BCUT2D eigenvalue weighted by Crippen LogP contribution is -2.16. The first-order chi connectivity index (χ1) is 3.30. The van der Waals surface area contributed by atoms with Gasteiger partial charge in [0, 0.05) is 0 Å². The number of nitrogens with one attached hydrogen (secondary N) is 1. The third-order valence-corrected chi connectivity index (χ3v) is 0.941. The number of hydrogen-bond donors (Lipinski definition) is 1. The first-order valence-corrected chi connectivity index (χ1v) is 2.22. The first kappa shape index (κ1) is 4.32. The predicted octanol–water partition coefficient (Wildman–Crippen LogP) is -0.610. The van der Waals surface area contributed by atoms with Crippen LogP contribution in [0.1, 0.15) is 0 Å². The summed E-state index contributed by atoms with van der Waals surface area (Å²) in [5.41, 5.74) is -0.690. The van der Waals surface area contributed by atoms with Crippen LogP contribution in [0, 0.1) is 0 Å². The molecule has 7 heavy (non-hydrogen) atoms. The molecule has 0 radical (unpaired) electrons. The molecule has 38 valence electrons. The van der Waals surface area contributed by atoms with E-state index in [0.29, 0.717) is 11.6 Å². The van der Waals surface area contributed by atoms with Gasteiger partial charge in [0.15, 0.2) is 0 Å². The quantitative estimate of drug-likeness (QED) is 0.463. The standard InChI is InChI=1S/C2HNO3S/c4-1-2(5)7-6-3-1/h(H,3,4). The Morgan fingerprint density at radius 2 is 2.29 bits per heavy atom. The zero-order chi connectivity index (χ0) is 5.28. The van der Waals surface area contributed by atoms with E-state index >= 15 is 0 Å². The van der Waals surface area contributed by atoms with E-state index in [0.717, 1.165) is 0 Å². The van der Waals surface area contributed by atoms with Crippen LogP contribution in [0.25, 0.3) is 0 Å². The molecule has 0 aromatic carbocycles. The summed E-state index contributed by atoms with van der Waals surface area (Å²) in [5, 5.41) is 1.84. The van der Waals surface area contributed by atoms with Gasteiger partial charge in [-0.2, -0.15) is 5.16 Å². The Morgan fingerprint density at radius 1 is 1.57 bits per heavy atom. The van der Waals surface area contributed by atoms with E-state index in [1.807, 2.05) is 5.16 Å². The summed E-state index contributed by atoms with van der Waals surface area (Å²) in [6.45, 7) is 0. The summed E-state index contributed by atoms with van der Waals surface area (Å²) < 4.78 is 3.54. The van der Waals surface area contributed by atoms with Gasteiger partial charge >= 0.3 is 10.3 Å². The smallest absolute Gasteiger partial charge is 0.314 e. The van der Waals surface area contributed by atoms with Gasteiger partial charge in [-0.05, 0) is 0 Å². The highest BCUT2D eigenvalue weighted by Crippen LogP contribution is 1.69. The molecule has 0 saturated heterocycles. The first-order valence-electron chi connectivity index (χ1n) is 1.48. The van der Waals surface area contributed by atoms with Crippen LogP contribution in [0.5, 0.6) is 0 Å². The molecule has 0 unspecified atom stereocenters. The zero-order valence-corrected chi connectivity index (χ0v) is 3.95. The van der Waals surface area contributed by atoms with Gasteiger partial charge in [0.2, 0.25) is 0 Å². The van der Waals surface area contributed by atoms with Crippen LogP contribution in [0.15, 0.2) is 13.5 Å². The van der Waals surface area contributed by atoms with E-state index in [1.165, 1.54) is 0 Å². The molecule has 1 aromatic rings. The highest BCUT2D eigenvalue weighted by molar-refractivity contribution is 7.00. The Labute approximate surface area is 41.6 Å². The normalized spacial score (nSPS) is 9.14. The van der Waals surface area contributed by atoms with Gasteiger partial charge < -0.3 is 3.96 Å². The fraction of sp³-hybridized carbons (Fsp3) is 0. The molecular formula is C2HNO3S. The molecule has 1 N–H and O–H groups in total. The second-order valence-electron chi connectivity index (χ2n) is 0.885. The zero-order valence-electron chi connectivity index (χ0n) is 3.13. The highest BCUT2D eigenvalue weighted by Gasteiger charge is 1.90. The molecule has 1 aromatic heterocycles. The molecular weight excluding hydrogens is 118 g/mol. The van der Waals surface area contributed by atoms with Crippen LogP contribution in [0.3, 0.4) is 0 Å². The van der Waals surface area contributed by atoms with E-state index in [2.05, 4.69) is 3.96 Å². The second kappa shape index (κ2) is 1.34. The maximum atomic E-state index is 10.0. The molecule has 5 heteroatoms. The van der Waals surface area contributed by atoms with Crippen molar-refractivity contribution in [1.82, 2.24) is 5.16 Å². The van der Waals surface area contributed by atoms with E-state index in [-0.39, 0.29) is 0 Å². The minimum absolute atomic E-state index is 0.506. The third kappa shape index (κ3) is 0.614. The molecule has 4 nitrogen and oxygen atoms in total. The molecule has 0 aliphatic carbocycles. The Balaban J connectivity index is 3.71. The molecule has 1 heterocycles. The van der Waals surface area contributed by atoms with Crippen molar-refractivity contribution in [2.45, 2.75) is 0 Å². The van der Waals surface area contributed by atoms with E-state index in [4.69, 9.17) is 0 Å². The van der Waals surface area contributed by atoms with Gasteiger partial charge in [0.25, 0.3) is 0 Å². The SMILES string of the molecule is O=c1[nH]osc1=O. The Bertz CT molecular complexity index is 217. The van der Waals surface area contributed by atoms with Gasteiger partial charge in [-0.3, -0.25) is 9.59 Å². The van der Waals surface area contributed by atoms with Crippen molar-refractivity contribution in [1.29, 1.82) is 0 Å². The number of aromatic nitrogens is 1. The summed E-state index contributed by atoms with van der Waals surface area (Å²) in [7, 11) is 0. The molecule has 0 amide bonds. The van der Waals surface area contributed by atoms with Crippen molar-refractivity contribution in [2.75, 3.05) is 0 Å². The maximum Gasteiger partial charge on any atom is 0.339 e. The molecule has 1 rings (SSSR count). The third-order valence-electron chi connectivity index (χ3n) is 0.437. The van der Waals surface area contributed by atoms with Crippen molar-refractivity contribution in [2.24, 2.45) is 0 Å². The number of hydrogen-bond acceptors (Lipinski definition) is 4. The van der Waals surface area contributed by atoms with Crippen molar-refractivity contribution >= 4 is 11.6 Å². The van der Waals surface area contributed by atoms with E-state index in [1.54, 1.807) is 0 Å². The average molecular weight is 119 g/mol.